The number of alkyl halides is 1. The average Bonchev–Trinajstić information content (AvgIpc) is 2.30. The van der Waals surface area contributed by atoms with Gasteiger partial charge in [-0.1, -0.05) is 0 Å². The van der Waals surface area contributed by atoms with Gasteiger partial charge in [0.05, 0.1) is 4.92 Å². The fraction of sp³-hybridized carbons (Fsp3) is 0.417. The van der Waals surface area contributed by atoms with Gasteiger partial charge in [-0.05, 0) is 31.9 Å². The van der Waals surface area contributed by atoms with Crippen molar-refractivity contribution in [3.63, 3.8) is 0 Å². The molecular weight excluding hydrogens is 256 g/mol. The first-order chi connectivity index (χ1) is 8.45. The van der Waals surface area contributed by atoms with Gasteiger partial charge in [-0.2, -0.15) is 0 Å². The normalized spacial score (nSPS) is 10.2. The monoisotopic (exact) mass is 270 g/mol. The molecule has 5 nitrogen and oxygen atoms in total. The molecule has 0 aliphatic carbocycles. The van der Waals surface area contributed by atoms with E-state index < -0.39 is 4.92 Å². The van der Waals surface area contributed by atoms with E-state index in [1.54, 1.807) is 19.9 Å². The van der Waals surface area contributed by atoms with Gasteiger partial charge < -0.3 is 5.32 Å². The molecule has 0 spiro atoms. The van der Waals surface area contributed by atoms with Crippen LogP contribution in [0.15, 0.2) is 12.1 Å². The number of carbonyl (C=O) groups is 1. The Morgan fingerprint density at radius 3 is 2.61 bits per heavy atom. The molecule has 1 rings (SSSR count). The SMILES string of the molecule is Cc1cc([N+](=O)[O-])c(C)cc1NC(=O)CCCCl. The molecule has 0 saturated heterocycles. The lowest BCUT2D eigenvalue weighted by molar-refractivity contribution is -0.385. The van der Waals surface area contributed by atoms with Crippen LogP contribution >= 0.6 is 11.6 Å². The highest BCUT2D eigenvalue weighted by atomic mass is 35.5. The molecule has 1 amide bonds. The Hall–Kier alpha value is -1.62. The van der Waals surface area contributed by atoms with E-state index in [4.69, 9.17) is 11.6 Å². The molecule has 0 saturated carbocycles. The number of carbonyl (C=O) groups excluding carboxylic acids is 1. The van der Waals surface area contributed by atoms with Crippen molar-refractivity contribution in [2.45, 2.75) is 26.7 Å². The molecular formula is C12H15ClN2O3. The average molecular weight is 271 g/mol. The minimum absolute atomic E-state index is 0.0613. The van der Waals surface area contributed by atoms with Gasteiger partial charge in [0.15, 0.2) is 0 Å². The summed E-state index contributed by atoms with van der Waals surface area (Å²) in [6.07, 6.45) is 0.956. The second-order valence-electron chi connectivity index (χ2n) is 4.05. The van der Waals surface area contributed by atoms with Crippen molar-refractivity contribution < 1.29 is 9.72 Å². The minimum Gasteiger partial charge on any atom is -0.326 e. The lowest BCUT2D eigenvalue weighted by Crippen LogP contribution is -2.12. The molecule has 1 N–H and O–H groups in total. The molecule has 1 aromatic carbocycles. The number of nitrogens with zero attached hydrogens (tertiary/aromatic N) is 1. The number of nitrogens with one attached hydrogen (secondary N) is 1. The van der Waals surface area contributed by atoms with Crippen molar-refractivity contribution in [2.24, 2.45) is 0 Å². The van der Waals surface area contributed by atoms with E-state index in [2.05, 4.69) is 5.32 Å². The number of rotatable bonds is 5. The zero-order chi connectivity index (χ0) is 13.7. The van der Waals surface area contributed by atoms with Crippen molar-refractivity contribution in [2.75, 3.05) is 11.2 Å². The lowest BCUT2D eigenvalue weighted by atomic mass is 10.1. The fourth-order valence-electron chi connectivity index (χ4n) is 1.57. The van der Waals surface area contributed by atoms with Crippen LogP contribution in [0, 0.1) is 24.0 Å². The number of aryl methyl sites for hydroxylation is 2. The van der Waals surface area contributed by atoms with Gasteiger partial charge in [-0.25, -0.2) is 0 Å². The fourth-order valence-corrected chi connectivity index (χ4v) is 1.71. The van der Waals surface area contributed by atoms with E-state index in [0.29, 0.717) is 35.5 Å². The Morgan fingerprint density at radius 2 is 2.06 bits per heavy atom. The maximum absolute atomic E-state index is 11.6. The molecule has 0 radical (unpaired) electrons. The Balaban J connectivity index is 2.88. The number of benzene rings is 1. The van der Waals surface area contributed by atoms with E-state index in [9.17, 15) is 14.9 Å². The van der Waals surface area contributed by atoms with Gasteiger partial charge in [0.2, 0.25) is 5.91 Å². The van der Waals surface area contributed by atoms with Crippen LogP contribution in [-0.2, 0) is 4.79 Å². The van der Waals surface area contributed by atoms with Crippen LogP contribution in [0.5, 0.6) is 0 Å². The van der Waals surface area contributed by atoms with E-state index in [-0.39, 0.29) is 11.6 Å². The van der Waals surface area contributed by atoms with Crippen molar-refractivity contribution in [1.82, 2.24) is 0 Å². The third-order valence-electron chi connectivity index (χ3n) is 2.55. The van der Waals surface area contributed by atoms with Gasteiger partial charge in [0.25, 0.3) is 5.69 Å². The molecule has 0 bridgehead atoms. The predicted molar refractivity (Wildman–Crippen MR) is 71.2 cm³/mol. The molecule has 98 valence electrons. The zero-order valence-corrected chi connectivity index (χ0v) is 11.1. The summed E-state index contributed by atoms with van der Waals surface area (Å²) in [5.41, 5.74) is 1.87. The predicted octanol–water partition coefficient (Wildman–Crippen LogP) is 3.17. The third kappa shape index (κ3) is 3.70. The highest BCUT2D eigenvalue weighted by Crippen LogP contribution is 2.26. The summed E-state index contributed by atoms with van der Waals surface area (Å²) in [6.45, 7) is 3.37. The summed E-state index contributed by atoms with van der Waals surface area (Å²) in [5, 5.41) is 13.5. The molecule has 0 fully saturated rings. The topological polar surface area (TPSA) is 72.2 Å². The molecule has 6 heteroatoms. The quantitative estimate of drug-likeness (QED) is 0.507. The van der Waals surface area contributed by atoms with Crippen LogP contribution < -0.4 is 5.32 Å². The summed E-state index contributed by atoms with van der Waals surface area (Å²) in [6, 6.07) is 3.08. The number of anilines is 1. The minimum atomic E-state index is -0.429. The lowest BCUT2D eigenvalue weighted by Gasteiger charge is -2.09. The van der Waals surface area contributed by atoms with E-state index in [0.717, 1.165) is 0 Å². The van der Waals surface area contributed by atoms with E-state index >= 15 is 0 Å². The van der Waals surface area contributed by atoms with Crippen molar-refractivity contribution >= 4 is 28.9 Å². The summed E-state index contributed by atoms with van der Waals surface area (Å²) in [7, 11) is 0. The van der Waals surface area contributed by atoms with Crippen molar-refractivity contribution in [3.05, 3.63) is 33.4 Å². The molecule has 1 aromatic rings. The van der Waals surface area contributed by atoms with Gasteiger partial charge in [-0.15, -0.1) is 11.6 Å². The Morgan fingerprint density at radius 1 is 1.39 bits per heavy atom. The summed E-state index contributed by atoms with van der Waals surface area (Å²) in [5.74, 6) is 0.304. The number of nitro groups is 1. The highest BCUT2D eigenvalue weighted by Gasteiger charge is 2.14. The first-order valence-corrected chi connectivity index (χ1v) is 6.10. The first-order valence-electron chi connectivity index (χ1n) is 5.57. The number of hydrogen-bond donors (Lipinski definition) is 1. The van der Waals surface area contributed by atoms with Crippen molar-refractivity contribution in [3.8, 4) is 0 Å². The van der Waals surface area contributed by atoms with Crippen LogP contribution in [0.2, 0.25) is 0 Å². The number of amides is 1. The Labute approximate surface area is 110 Å². The molecule has 0 heterocycles. The van der Waals surface area contributed by atoms with Gasteiger partial charge in [0.1, 0.15) is 0 Å². The second-order valence-corrected chi connectivity index (χ2v) is 4.43. The number of nitro benzene ring substituents is 1. The zero-order valence-electron chi connectivity index (χ0n) is 10.3. The van der Waals surface area contributed by atoms with Crippen LogP contribution in [0.25, 0.3) is 0 Å². The van der Waals surface area contributed by atoms with Gasteiger partial charge in [0, 0.05) is 29.6 Å². The van der Waals surface area contributed by atoms with Crippen LogP contribution in [-0.4, -0.2) is 16.7 Å². The maximum Gasteiger partial charge on any atom is 0.272 e. The molecule has 18 heavy (non-hydrogen) atoms. The first kappa shape index (κ1) is 14.4. The highest BCUT2D eigenvalue weighted by molar-refractivity contribution is 6.18. The number of halogens is 1. The summed E-state index contributed by atoms with van der Waals surface area (Å²) < 4.78 is 0. The maximum atomic E-state index is 11.6. The standard InChI is InChI=1S/C12H15ClN2O3/c1-8-7-11(15(17)18)9(2)6-10(8)14-12(16)4-3-5-13/h6-7H,3-5H2,1-2H3,(H,14,16). The van der Waals surface area contributed by atoms with E-state index in [1.807, 2.05) is 0 Å². The van der Waals surface area contributed by atoms with Crippen molar-refractivity contribution in [1.29, 1.82) is 0 Å². The molecule has 0 aromatic heterocycles. The Bertz CT molecular complexity index is 475. The molecule has 0 unspecified atom stereocenters. The smallest absolute Gasteiger partial charge is 0.272 e. The van der Waals surface area contributed by atoms with Gasteiger partial charge >= 0.3 is 0 Å². The van der Waals surface area contributed by atoms with Crippen LogP contribution in [0.3, 0.4) is 0 Å². The second kappa shape index (κ2) is 6.35. The molecule has 0 aliphatic rings. The number of hydrogen-bond acceptors (Lipinski definition) is 3. The molecule has 0 atom stereocenters. The summed E-state index contributed by atoms with van der Waals surface area (Å²) in [4.78, 5) is 21.9. The summed E-state index contributed by atoms with van der Waals surface area (Å²) >= 11 is 5.51. The van der Waals surface area contributed by atoms with Gasteiger partial charge in [-0.3, -0.25) is 14.9 Å². The third-order valence-corrected chi connectivity index (χ3v) is 2.82. The van der Waals surface area contributed by atoms with E-state index in [1.165, 1.54) is 6.07 Å². The van der Waals surface area contributed by atoms with Crippen LogP contribution in [0.4, 0.5) is 11.4 Å². The largest absolute Gasteiger partial charge is 0.326 e. The molecule has 0 aliphatic heterocycles. The Kier molecular flexibility index (Phi) is 5.09. The van der Waals surface area contributed by atoms with Crippen LogP contribution in [0.1, 0.15) is 24.0 Å².